The van der Waals surface area contributed by atoms with Crippen LogP contribution in [-0.4, -0.2) is 9.97 Å². The van der Waals surface area contributed by atoms with Gasteiger partial charge in [-0.15, -0.1) is 11.3 Å². The van der Waals surface area contributed by atoms with Gasteiger partial charge in [0, 0.05) is 10.3 Å². The molecule has 0 N–H and O–H groups in total. The number of rotatable bonds is 2. The summed E-state index contributed by atoms with van der Waals surface area (Å²) >= 11 is 7.82. The van der Waals surface area contributed by atoms with E-state index in [4.69, 9.17) is 11.6 Å². The summed E-state index contributed by atoms with van der Waals surface area (Å²) in [6.07, 6.45) is 0.958. The molecule has 5 heteroatoms. The lowest BCUT2D eigenvalue weighted by atomic mass is 10.1. The Kier molecular flexibility index (Phi) is 3.44. The Morgan fingerprint density at radius 1 is 1.20 bits per heavy atom. The molecule has 2 heterocycles. The number of aryl methyl sites for hydroxylation is 2. The van der Waals surface area contributed by atoms with Crippen LogP contribution in [0.2, 0.25) is 5.15 Å². The predicted molar refractivity (Wildman–Crippen MR) is 81.9 cm³/mol. The molecule has 0 saturated heterocycles. The fourth-order valence-electron chi connectivity index (χ4n) is 2.11. The smallest absolute Gasteiger partial charge is 0.171 e. The summed E-state index contributed by atoms with van der Waals surface area (Å²) in [5.41, 5.74) is 1.16. The van der Waals surface area contributed by atoms with Gasteiger partial charge in [-0.2, -0.15) is 0 Å². The Morgan fingerprint density at radius 3 is 2.70 bits per heavy atom. The molecular weight excluding hydrogens is 295 g/mol. The summed E-state index contributed by atoms with van der Waals surface area (Å²) in [4.78, 5) is 10.8. The number of thiophene rings is 1. The number of hydrogen-bond donors (Lipinski definition) is 0. The maximum absolute atomic E-state index is 14.0. The van der Waals surface area contributed by atoms with Gasteiger partial charge < -0.3 is 0 Å². The minimum atomic E-state index is -0.372. The van der Waals surface area contributed by atoms with Gasteiger partial charge in [-0.3, -0.25) is 0 Å². The van der Waals surface area contributed by atoms with Crippen LogP contribution in [0.4, 0.5) is 4.39 Å². The fraction of sp³-hybridized carbons (Fsp3) is 0.200. The van der Waals surface area contributed by atoms with Crippen molar-refractivity contribution < 1.29 is 4.39 Å². The van der Waals surface area contributed by atoms with Gasteiger partial charge in [-0.1, -0.05) is 24.6 Å². The molecular formula is C15H12ClFN2S. The molecule has 3 aromatic rings. The molecule has 20 heavy (non-hydrogen) atoms. The molecule has 0 aliphatic heterocycles. The Balaban J connectivity index is 2.26. The zero-order chi connectivity index (χ0) is 14.3. The molecule has 3 rings (SSSR count). The number of nitrogens with zero attached hydrogens (tertiary/aromatic N) is 2. The van der Waals surface area contributed by atoms with Crippen LogP contribution in [0, 0.1) is 12.7 Å². The topological polar surface area (TPSA) is 25.8 Å². The van der Waals surface area contributed by atoms with E-state index in [2.05, 4.69) is 16.9 Å². The Labute approximate surface area is 125 Å². The fourth-order valence-corrected chi connectivity index (χ4v) is 3.31. The second kappa shape index (κ2) is 5.11. The molecule has 0 unspecified atom stereocenters. The normalized spacial score (nSPS) is 11.2. The van der Waals surface area contributed by atoms with Gasteiger partial charge in [0.05, 0.1) is 4.88 Å². The van der Waals surface area contributed by atoms with Gasteiger partial charge in [0.2, 0.25) is 0 Å². The molecule has 0 amide bonds. The molecule has 0 radical (unpaired) electrons. The van der Waals surface area contributed by atoms with E-state index in [-0.39, 0.29) is 11.3 Å². The molecule has 102 valence electrons. The van der Waals surface area contributed by atoms with Crippen molar-refractivity contribution in [2.75, 3.05) is 0 Å². The lowest BCUT2D eigenvalue weighted by Crippen LogP contribution is -1.94. The molecule has 0 saturated carbocycles. The van der Waals surface area contributed by atoms with Gasteiger partial charge in [-0.05, 0) is 37.1 Å². The number of aromatic nitrogens is 2. The molecule has 0 aliphatic rings. The molecule has 0 spiro atoms. The maximum atomic E-state index is 14.0. The first kappa shape index (κ1) is 13.5. The van der Waals surface area contributed by atoms with Crippen LogP contribution in [0.25, 0.3) is 21.6 Å². The average molecular weight is 307 g/mol. The molecule has 1 aromatic carbocycles. The van der Waals surface area contributed by atoms with E-state index in [1.807, 2.05) is 19.1 Å². The van der Waals surface area contributed by atoms with Crippen LogP contribution in [0.15, 0.2) is 24.3 Å². The molecule has 0 atom stereocenters. The van der Waals surface area contributed by atoms with E-state index in [9.17, 15) is 4.39 Å². The highest BCUT2D eigenvalue weighted by atomic mass is 35.5. The van der Waals surface area contributed by atoms with Gasteiger partial charge >= 0.3 is 0 Å². The van der Waals surface area contributed by atoms with Crippen molar-refractivity contribution in [1.29, 1.82) is 0 Å². The predicted octanol–water partition coefficient (Wildman–Crippen LogP) is 5.02. The Bertz CT molecular complexity index is 798. The van der Waals surface area contributed by atoms with Crippen molar-refractivity contribution in [3.63, 3.8) is 0 Å². The molecule has 2 aromatic heterocycles. The van der Waals surface area contributed by atoms with Crippen LogP contribution in [0.1, 0.15) is 17.4 Å². The summed E-state index contributed by atoms with van der Waals surface area (Å²) < 4.78 is 14.0. The van der Waals surface area contributed by atoms with Gasteiger partial charge in [0.25, 0.3) is 0 Å². The van der Waals surface area contributed by atoms with Crippen LogP contribution >= 0.6 is 22.9 Å². The number of hydrogen-bond acceptors (Lipinski definition) is 3. The Morgan fingerprint density at radius 2 is 2.00 bits per heavy atom. The Hall–Kier alpha value is -1.52. The number of halogens is 2. The third-order valence-electron chi connectivity index (χ3n) is 3.20. The first-order valence-corrected chi connectivity index (χ1v) is 7.51. The first-order valence-electron chi connectivity index (χ1n) is 6.31. The van der Waals surface area contributed by atoms with E-state index in [1.54, 1.807) is 17.4 Å². The lowest BCUT2D eigenvalue weighted by Gasteiger charge is -2.06. The third-order valence-corrected chi connectivity index (χ3v) is 4.69. The highest BCUT2D eigenvalue weighted by Gasteiger charge is 2.14. The monoisotopic (exact) mass is 306 g/mol. The minimum Gasteiger partial charge on any atom is -0.224 e. The van der Waals surface area contributed by atoms with Crippen LogP contribution in [0.3, 0.4) is 0 Å². The van der Waals surface area contributed by atoms with Crippen molar-refractivity contribution in [3.8, 4) is 10.7 Å². The van der Waals surface area contributed by atoms with E-state index in [0.717, 1.165) is 16.9 Å². The summed E-state index contributed by atoms with van der Waals surface area (Å²) in [6.45, 7) is 3.96. The SMILES string of the molecule is CCc1ccc(-c2nc(Cl)c3c(C)ccc(F)c3n2)s1. The zero-order valence-corrected chi connectivity index (χ0v) is 12.6. The van der Waals surface area contributed by atoms with E-state index in [0.29, 0.717) is 16.4 Å². The molecule has 2 nitrogen and oxygen atoms in total. The van der Waals surface area contributed by atoms with E-state index >= 15 is 0 Å². The lowest BCUT2D eigenvalue weighted by molar-refractivity contribution is 0.636. The summed E-state index contributed by atoms with van der Waals surface area (Å²) in [5, 5.41) is 0.885. The zero-order valence-electron chi connectivity index (χ0n) is 11.1. The number of fused-ring (bicyclic) bond motifs is 1. The van der Waals surface area contributed by atoms with Gasteiger partial charge in [0.15, 0.2) is 5.82 Å². The third kappa shape index (κ3) is 2.19. The van der Waals surface area contributed by atoms with E-state index in [1.165, 1.54) is 10.9 Å². The second-order valence-corrected chi connectivity index (χ2v) is 6.07. The molecule has 0 bridgehead atoms. The maximum Gasteiger partial charge on any atom is 0.171 e. The van der Waals surface area contributed by atoms with Crippen molar-refractivity contribution in [3.05, 3.63) is 45.7 Å². The quantitative estimate of drug-likeness (QED) is 0.621. The van der Waals surface area contributed by atoms with Crippen molar-refractivity contribution in [1.82, 2.24) is 9.97 Å². The van der Waals surface area contributed by atoms with Gasteiger partial charge in [0.1, 0.15) is 16.5 Å². The average Bonchev–Trinajstić information content (AvgIpc) is 2.91. The first-order chi connectivity index (χ1) is 9.60. The van der Waals surface area contributed by atoms with Crippen molar-refractivity contribution in [2.24, 2.45) is 0 Å². The van der Waals surface area contributed by atoms with Crippen LogP contribution in [-0.2, 0) is 6.42 Å². The summed E-state index contributed by atoms with van der Waals surface area (Å²) in [6, 6.07) is 7.09. The number of benzene rings is 1. The molecule has 0 aliphatic carbocycles. The highest BCUT2D eigenvalue weighted by Crippen LogP contribution is 2.31. The molecule has 0 fully saturated rings. The highest BCUT2D eigenvalue weighted by molar-refractivity contribution is 7.15. The summed E-state index contributed by atoms with van der Waals surface area (Å²) in [5.74, 6) is 0.111. The summed E-state index contributed by atoms with van der Waals surface area (Å²) in [7, 11) is 0. The van der Waals surface area contributed by atoms with Crippen molar-refractivity contribution >= 4 is 33.8 Å². The minimum absolute atomic E-state index is 0.284. The van der Waals surface area contributed by atoms with Crippen LogP contribution < -0.4 is 0 Å². The van der Waals surface area contributed by atoms with Crippen molar-refractivity contribution in [2.45, 2.75) is 20.3 Å². The second-order valence-electron chi connectivity index (χ2n) is 4.55. The van der Waals surface area contributed by atoms with Crippen LogP contribution in [0.5, 0.6) is 0 Å². The largest absolute Gasteiger partial charge is 0.224 e. The standard InChI is InChI=1S/C15H12ClFN2S/c1-3-9-5-7-11(20-9)15-18-13-10(17)6-4-8(2)12(13)14(16)19-15/h4-7H,3H2,1-2H3. The van der Waals surface area contributed by atoms with Gasteiger partial charge in [-0.25, -0.2) is 14.4 Å². The van der Waals surface area contributed by atoms with E-state index < -0.39 is 0 Å².